The van der Waals surface area contributed by atoms with Crippen LogP contribution < -0.4 is 10.9 Å². The average Bonchev–Trinajstić information content (AvgIpc) is 2.06. The van der Waals surface area contributed by atoms with Crippen molar-refractivity contribution in [1.82, 2.24) is 0 Å². The Hall–Kier alpha value is -1.40. The average molecular weight is 202 g/mol. The fraction of sp³-hybridized carbons (Fsp3) is 0. The number of hydrogen-bond donors (Lipinski definition) is 2. The van der Waals surface area contributed by atoms with E-state index in [-0.39, 0.29) is 11.3 Å². The highest BCUT2D eigenvalue weighted by atomic mass is 32.2. The van der Waals surface area contributed by atoms with Crippen molar-refractivity contribution in [1.29, 1.82) is 0 Å². The SMILES string of the molecule is NC=O.NS(=O)(=O)c1ccccc1. The Labute approximate surface area is 76.4 Å². The van der Waals surface area contributed by atoms with E-state index in [0.29, 0.717) is 0 Å². The zero-order chi connectivity index (χ0) is 10.3. The molecule has 0 radical (unpaired) electrons. The van der Waals surface area contributed by atoms with Gasteiger partial charge in [0.1, 0.15) is 0 Å². The summed E-state index contributed by atoms with van der Waals surface area (Å²) in [4.78, 5) is 8.73. The summed E-state index contributed by atoms with van der Waals surface area (Å²) in [5.74, 6) is 0. The molecule has 1 amide bonds. The molecule has 1 aromatic rings. The largest absolute Gasteiger partial charge is 0.372 e. The summed E-state index contributed by atoms with van der Waals surface area (Å²) in [6.45, 7) is 0. The number of primary sulfonamides is 1. The number of benzene rings is 1. The second kappa shape index (κ2) is 5.28. The first-order chi connectivity index (χ1) is 6.02. The third kappa shape index (κ3) is 4.94. The molecule has 0 aliphatic heterocycles. The lowest BCUT2D eigenvalue weighted by Crippen LogP contribution is -2.11. The van der Waals surface area contributed by atoms with Crippen LogP contribution in [0.4, 0.5) is 0 Å². The predicted molar refractivity (Wildman–Crippen MR) is 48.1 cm³/mol. The van der Waals surface area contributed by atoms with Crippen LogP contribution in [0.3, 0.4) is 0 Å². The van der Waals surface area contributed by atoms with E-state index in [1.807, 2.05) is 0 Å². The standard InChI is InChI=1S/C6H7NO2S.CH3NO/c7-10(8,9)6-4-2-1-3-5-6;2-1-3/h1-5H,(H2,7,8,9);1H,(H2,2,3). The van der Waals surface area contributed by atoms with Crippen LogP contribution in [0, 0.1) is 0 Å². The van der Waals surface area contributed by atoms with E-state index in [1.54, 1.807) is 18.2 Å². The summed E-state index contributed by atoms with van der Waals surface area (Å²) in [6.07, 6.45) is 0.250. The number of primary amides is 1. The number of amides is 1. The molecule has 0 fully saturated rings. The van der Waals surface area contributed by atoms with Crippen molar-refractivity contribution in [2.75, 3.05) is 0 Å². The van der Waals surface area contributed by atoms with Gasteiger partial charge in [0, 0.05) is 0 Å². The van der Waals surface area contributed by atoms with Crippen LogP contribution in [-0.4, -0.2) is 14.8 Å². The highest BCUT2D eigenvalue weighted by molar-refractivity contribution is 7.89. The van der Waals surface area contributed by atoms with E-state index >= 15 is 0 Å². The van der Waals surface area contributed by atoms with E-state index in [0.717, 1.165) is 0 Å². The van der Waals surface area contributed by atoms with E-state index in [9.17, 15) is 8.42 Å². The summed E-state index contributed by atoms with van der Waals surface area (Å²) in [5, 5.41) is 4.83. The molecule has 4 N–H and O–H groups in total. The van der Waals surface area contributed by atoms with Gasteiger partial charge in [0.25, 0.3) is 0 Å². The van der Waals surface area contributed by atoms with Gasteiger partial charge in [0.2, 0.25) is 16.4 Å². The Morgan fingerprint density at radius 3 is 1.77 bits per heavy atom. The normalized spacial score (nSPS) is 9.62. The predicted octanol–water partition coefficient (Wildman–Crippen LogP) is -0.564. The number of rotatable bonds is 1. The molecule has 0 aromatic heterocycles. The maximum Gasteiger partial charge on any atom is 0.238 e. The molecule has 0 saturated heterocycles. The Bertz CT molecular complexity index is 347. The number of hydrogen-bond acceptors (Lipinski definition) is 3. The summed E-state index contributed by atoms with van der Waals surface area (Å²) in [5.41, 5.74) is 4.17. The van der Waals surface area contributed by atoms with Gasteiger partial charge in [-0.1, -0.05) is 18.2 Å². The second-order valence-corrected chi connectivity index (χ2v) is 3.56. The fourth-order valence-electron chi connectivity index (χ4n) is 0.610. The van der Waals surface area contributed by atoms with E-state index in [1.165, 1.54) is 12.1 Å². The Morgan fingerprint density at radius 2 is 1.54 bits per heavy atom. The molecular formula is C7H10N2O3S. The van der Waals surface area contributed by atoms with E-state index in [4.69, 9.17) is 9.93 Å². The van der Waals surface area contributed by atoms with Gasteiger partial charge >= 0.3 is 0 Å². The van der Waals surface area contributed by atoms with Gasteiger partial charge < -0.3 is 5.73 Å². The zero-order valence-electron chi connectivity index (χ0n) is 6.75. The van der Waals surface area contributed by atoms with Gasteiger partial charge in [0.05, 0.1) is 4.90 Å². The third-order valence-electron chi connectivity index (χ3n) is 1.07. The number of carbonyl (C=O) groups is 1. The van der Waals surface area contributed by atoms with Crippen molar-refractivity contribution in [3.8, 4) is 0 Å². The van der Waals surface area contributed by atoms with E-state index in [2.05, 4.69) is 5.73 Å². The summed E-state index contributed by atoms with van der Waals surface area (Å²) in [7, 11) is -3.50. The number of sulfonamides is 1. The third-order valence-corrected chi connectivity index (χ3v) is 2.00. The van der Waals surface area contributed by atoms with Crippen molar-refractivity contribution < 1.29 is 13.2 Å². The lowest BCUT2D eigenvalue weighted by Gasteiger charge is -1.93. The van der Waals surface area contributed by atoms with Gasteiger partial charge in [-0.05, 0) is 12.1 Å². The van der Waals surface area contributed by atoms with Crippen molar-refractivity contribution in [3.05, 3.63) is 30.3 Å². The quantitative estimate of drug-likeness (QED) is 0.596. The minimum absolute atomic E-state index is 0.148. The molecule has 0 aliphatic rings. The Balaban J connectivity index is 0.000000424. The molecule has 0 unspecified atom stereocenters. The molecule has 6 heteroatoms. The van der Waals surface area contributed by atoms with Crippen molar-refractivity contribution in [2.45, 2.75) is 4.90 Å². The lowest BCUT2D eigenvalue weighted by atomic mass is 10.4. The maximum absolute atomic E-state index is 10.6. The van der Waals surface area contributed by atoms with Crippen LogP contribution in [-0.2, 0) is 14.8 Å². The van der Waals surface area contributed by atoms with Crippen LogP contribution >= 0.6 is 0 Å². The highest BCUT2D eigenvalue weighted by Gasteiger charge is 2.03. The van der Waals surface area contributed by atoms with Crippen LogP contribution in [0.15, 0.2) is 35.2 Å². The van der Waals surface area contributed by atoms with Gasteiger partial charge in [-0.2, -0.15) is 0 Å². The molecule has 0 saturated carbocycles. The molecule has 13 heavy (non-hydrogen) atoms. The molecule has 5 nitrogen and oxygen atoms in total. The van der Waals surface area contributed by atoms with Gasteiger partial charge in [0.15, 0.2) is 0 Å². The van der Waals surface area contributed by atoms with Gasteiger partial charge in [-0.15, -0.1) is 0 Å². The first kappa shape index (κ1) is 11.6. The zero-order valence-corrected chi connectivity index (χ0v) is 7.57. The number of nitrogens with two attached hydrogens (primary N) is 2. The fourth-order valence-corrected chi connectivity index (χ4v) is 1.15. The summed E-state index contributed by atoms with van der Waals surface area (Å²) < 4.78 is 21.2. The molecule has 0 atom stereocenters. The smallest absolute Gasteiger partial charge is 0.238 e. The van der Waals surface area contributed by atoms with Crippen LogP contribution in [0.1, 0.15) is 0 Å². The van der Waals surface area contributed by atoms with Crippen LogP contribution in [0.2, 0.25) is 0 Å². The molecular weight excluding hydrogens is 192 g/mol. The molecule has 0 aliphatic carbocycles. The monoisotopic (exact) mass is 202 g/mol. The highest BCUT2D eigenvalue weighted by Crippen LogP contribution is 2.02. The number of carbonyl (C=O) groups excluding carboxylic acids is 1. The first-order valence-corrected chi connectivity index (χ1v) is 4.80. The Kier molecular flexibility index (Phi) is 4.71. The van der Waals surface area contributed by atoms with Crippen LogP contribution in [0.5, 0.6) is 0 Å². The van der Waals surface area contributed by atoms with Crippen LogP contribution in [0.25, 0.3) is 0 Å². The minimum atomic E-state index is -3.50. The molecule has 0 heterocycles. The van der Waals surface area contributed by atoms with Gasteiger partial charge in [-0.3, -0.25) is 4.79 Å². The maximum atomic E-state index is 10.6. The van der Waals surface area contributed by atoms with Crippen molar-refractivity contribution in [2.24, 2.45) is 10.9 Å². The topological polar surface area (TPSA) is 103 Å². The summed E-state index contributed by atoms with van der Waals surface area (Å²) in [6, 6.07) is 7.89. The first-order valence-electron chi connectivity index (χ1n) is 3.25. The lowest BCUT2D eigenvalue weighted by molar-refractivity contribution is -0.106. The molecule has 0 spiro atoms. The van der Waals surface area contributed by atoms with Gasteiger partial charge in [-0.25, -0.2) is 13.6 Å². The van der Waals surface area contributed by atoms with Crippen molar-refractivity contribution >= 4 is 16.4 Å². The van der Waals surface area contributed by atoms with E-state index < -0.39 is 10.0 Å². The van der Waals surface area contributed by atoms with Crippen molar-refractivity contribution in [3.63, 3.8) is 0 Å². The second-order valence-electron chi connectivity index (χ2n) is 1.99. The molecule has 1 rings (SSSR count). The minimum Gasteiger partial charge on any atom is -0.372 e. The Morgan fingerprint density at radius 1 is 1.15 bits per heavy atom. The molecule has 1 aromatic carbocycles. The molecule has 72 valence electrons. The summed E-state index contributed by atoms with van der Waals surface area (Å²) >= 11 is 0. The molecule has 0 bridgehead atoms.